The molecule has 2 unspecified atom stereocenters. The fraction of sp³-hybridized carbons (Fsp3) is 0.312. The maximum atomic E-state index is 13.6. The van der Waals surface area contributed by atoms with Crippen molar-refractivity contribution >= 4 is 33.4 Å². The molecule has 1 aliphatic rings. The summed E-state index contributed by atoms with van der Waals surface area (Å²) in [6.07, 6.45) is 3.28. The monoisotopic (exact) mass is 508 g/mol. The van der Waals surface area contributed by atoms with Crippen LogP contribution in [0.2, 0.25) is 0 Å². The minimum Gasteiger partial charge on any atom is -0.350 e. The minimum atomic E-state index is -0.285. The van der Waals surface area contributed by atoms with Gasteiger partial charge in [-0.15, -0.1) is 0 Å². The highest BCUT2D eigenvalue weighted by Gasteiger charge is 2.30. The summed E-state index contributed by atoms with van der Waals surface area (Å²) in [5, 5.41) is 11.2. The van der Waals surface area contributed by atoms with E-state index in [2.05, 4.69) is 41.0 Å². The molecule has 0 bridgehead atoms. The molecule has 2 amide bonds. The molecule has 1 saturated heterocycles. The molecule has 0 aromatic heterocycles. The summed E-state index contributed by atoms with van der Waals surface area (Å²) in [4.78, 5) is 28.5. The lowest BCUT2D eigenvalue weighted by atomic mass is 10.1. The van der Waals surface area contributed by atoms with Gasteiger partial charge in [-0.2, -0.15) is 0 Å². The van der Waals surface area contributed by atoms with E-state index in [9.17, 15) is 9.59 Å². The van der Waals surface area contributed by atoms with E-state index >= 15 is 0 Å². The van der Waals surface area contributed by atoms with Crippen LogP contribution in [-0.2, 0) is 11.3 Å². The average Bonchev–Trinajstić information content (AvgIpc) is 3.10. The molecule has 4 aromatic rings. The summed E-state index contributed by atoms with van der Waals surface area (Å²) in [6.45, 7) is 2.31. The van der Waals surface area contributed by atoms with Crippen LogP contribution >= 0.6 is 0 Å². The normalized spacial score (nSPS) is 18.0. The summed E-state index contributed by atoms with van der Waals surface area (Å²) in [5.74, 6) is 0.0272. The highest BCUT2D eigenvalue weighted by Crippen LogP contribution is 2.20. The Kier molecular flexibility index (Phi) is 8.31. The van der Waals surface area contributed by atoms with Gasteiger partial charge < -0.3 is 21.3 Å². The lowest BCUT2D eigenvalue weighted by molar-refractivity contribution is -0.133. The summed E-state index contributed by atoms with van der Waals surface area (Å²) in [7, 11) is 0. The predicted molar refractivity (Wildman–Crippen MR) is 154 cm³/mol. The van der Waals surface area contributed by atoms with Gasteiger partial charge in [-0.05, 0) is 71.1 Å². The molecule has 6 heteroatoms. The van der Waals surface area contributed by atoms with E-state index in [1.54, 1.807) is 0 Å². The van der Waals surface area contributed by atoms with Crippen molar-refractivity contribution in [1.82, 2.24) is 15.5 Å². The van der Waals surface area contributed by atoms with Gasteiger partial charge in [-0.1, -0.05) is 73.2 Å². The number of carbonyl (C=O) groups is 2. The van der Waals surface area contributed by atoms with Crippen molar-refractivity contribution in [1.29, 1.82) is 0 Å². The van der Waals surface area contributed by atoms with E-state index in [1.807, 2.05) is 59.5 Å². The van der Waals surface area contributed by atoms with Gasteiger partial charge in [0.15, 0.2) is 0 Å². The molecule has 4 aromatic carbocycles. The van der Waals surface area contributed by atoms with Crippen LogP contribution in [-0.4, -0.2) is 48.4 Å². The van der Waals surface area contributed by atoms with Gasteiger partial charge in [0.05, 0.1) is 6.04 Å². The zero-order chi connectivity index (χ0) is 26.3. The second-order valence-electron chi connectivity index (χ2n) is 10.2. The van der Waals surface area contributed by atoms with Crippen LogP contribution in [0.25, 0.3) is 21.5 Å². The van der Waals surface area contributed by atoms with Crippen molar-refractivity contribution in [3.8, 4) is 0 Å². The zero-order valence-corrected chi connectivity index (χ0v) is 21.7. The van der Waals surface area contributed by atoms with Gasteiger partial charge in [0, 0.05) is 31.2 Å². The minimum absolute atomic E-state index is 0.00726. The largest absolute Gasteiger partial charge is 0.350 e. The third-order valence-corrected chi connectivity index (χ3v) is 7.45. The van der Waals surface area contributed by atoms with Crippen LogP contribution in [0.5, 0.6) is 0 Å². The van der Waals surface area contributed by atoms with E-state index < -0.39 is 0 Å². The summed E-state index contributed by atoms with van der Waals surface area (Å²) >= 11 is 0. The van der Waals surface area contributed by atoms with E-state index in [0.717, 1.165) is 42.0 Å². The quantitative estimate of drug-likeness (QED) is 0.288. The second-order valence-corrected chi connectivity index (χ2v) is 10.2. The Bertz CT molecular complexity index is 1420. The van der Waals surface area contributed by atoms with Crippen molar-refractivity contribution in [2.24, 2.45) is 5.73 Å². The SMILES string of the molecule is NCCCCC1NC(CNC(=O)c2ccc3ccccc3c2)CCN(Cc2ccc3ccccc3c2)C1=O. The smallest absolute Gasteiger partial charge is 0.251 e. The molecule has 2 atom stereocenters. The number of fused-ring (bicyclic) bond motifs is 2. The van der Waals surface area contributed by atoms with E-state index in [-0.39, 0.29) is 23.9 Å². The van der Waals surface area contributed by atoms with E-state index in [1.165, 1.54) is 10.8 Å². The summed E-state index contributed by atoms with van der Waals surface area (Å²) < 4.78 is 0. The zero-order valence-electron chi connectivity index (χ0n) is 21.7. The number of nitrogens with one attached hydrogen (secondary N) is 2. The van der Waals surface area contributed by atoms with Crippen molar-refractivity contribution in [2.75, 3.05) is 19.6 Å². The molecule has 196 valence electrons. The first-order valence-electron chi connectivity index (χ1n) is 13.6. The Morgan fingerprint density at radius 2 is 1.58 bits per heavy atom. The number of benzene rings is 4. The molecule has 6 nitrogen and oxygen atoms in total. The van der Waals surface area contributed by atoms with Gasteiger partial charge in [0.1, 0.15) is 0 Å². The Labute approximate surface area is 224 Å². The number of carbonyl (C=O) groups excluding carboxylic acids is 2. The summed E-state index contributed by atoms with van der Waals surface area (Å²) in [6, 6.07) is 28.2. The molecule has 0 aliphatic carbocycles. The third kappa shape index (κ3) is 6.21. The molecule has 1 heterocycles. The van der Waals surface area contributed by atoms with Crippen LogP contribution in [0.1, 0.15) is 41.6 Å². The average molecular weight is 509 g/mol. The first-order valence-corrected chi connectivity index (χ1v) is 13.6. The van der Waals surface area contributed by atoms with E-state index in [4.69, 9.17) is 5.73 Å². The van der Waals surface area contributed by atoms with Crippen LogP contribution in [0.3, 0.4) is 0 Å². The number of nitrogens with zero attached hydrogens (tertiary/aromatic N) is 1. The highest BCUT2D eigenvalue weighted by molar-refractivity contribution is 5.98. The molecule has 0 radical (unpaired) electrons. The molecule has 1 fully saturated rings. The topological polar surface area (TPSA) is 87.5 Å². The Balaban J connectivity index is 1.26. The molecule has 4 N–H and O–H groups in total. The first-order chi connectivity index (χ1) is 18.6. The van der Waals surface area contributed by atoms with Gasteiger partial charge in [0.25, 0.3) is 5.91 Å². The number of hydrogen-bond acceptors (Lipinski definition) is 4. The standard InChI is InChI=1S/C32H36N4O2/c33-17-6-5-11-30-32(38)36(22-23-12-13-24-7-1-3-9-26(24)19-23)18-16-29(35-30)21-34-31(37)28-15-14-25-8-2-4-10-27(25)20-28/h1-4,7-10,12-15,19-20,29-30,35H,5-6,11,16-18,21-22,33H2,(H,34,37). The Morgan fingerprint density at radius 3 is 2.32 bits per heavy atom. The molecular formula is C32H36N4O2. The second kappa shape index (κ2) is 12.2. The molecule has 38 heavy (non-hydrogen) atoms. The van der Waals surface area contributed by atoms with Gasteiger partial charge in [-0.25, -0.2) is 0 Å². The number of rotatable bonds is 9. The molecule has 0 saturated carbocycles. The number of unbranched alkanes of at least 4 members (excludes halogenated alkanes) is 1. The molecule has 0 spiro atoms. The van der Waals surface area contributed by atoms with Crippen LogP contribution < -0.4 is 16.4 Å². The molecule has 1 aliphatic heterocycles. The van der Waals surface area contributed by atoms with Crippen LogP contribution in [0.15, 0.2) is 84.9 Å². The lowest BCUT2D eigenvalue weighted by Gasteiger charge is -2.25. The fourth-order valence-electron chi connectivity index (χ4n) is 5.31. The Morgan fingerprint density at radius 1 is 0.895 bits per heavy atom. The maximum Gasteiger partial charge on any atom is 0.251 e. The van der Waals surface area contributed by atoms with Crippen molar-refractivity contribution in [3.05, 3.63) is 96.1 Å². The van der Waals surface area contributed by atoms with Gasteiger partial charge in [-0.3, -0.25) is 9.59 Å². The fourth-order valence-corrected chi connectivity index (χ4v) is 5.31. The maximum absolute atomic E-state index is 13.6. The third-order valence-electron chi connectivity index (χ3n) is 7.45. The van der Waals surface area contributed by atoms with Crippen LogP contribution in [0.4, 0.5) is 0 Å². The predicted octanol–water partition coefficient (Wildman–Crippen LogP) is 4.61. The van der Waals surface area contributed by atoms with Gasteiger partial charge in [0.2, 0.25) is 5.91 Å². The van der Waals surface area contributed by atoms with Crippen molar-refractivity contribution < 1.29 is 9.59 Å². The number of nitrogens with two attached hydrogens (primary N) is 1. The van der Waals surface area contributed by atoms with Gasteiger partial charge >= 0.3 is 0 Å². The first kappa shape index (κ1) is 25.9. The summed E-state index contributed by atoms with van der Waals surface area (Å²) in [5.41, 5.74) is 7.49. The van der Waals surface area contributed by atoms with E-state index in [0.29, 0.717) is 31.7 Å². The molecular weight excluding hydrogens is 472 g/mol. The van der Waals surface area contributed by atoms with Crippen LogP contribution in [0, 0.1) is 0 Å². The van der Waals surface area contributed by atoms with Crippen molar-refractivity contribution in [3.63, 3.8) is 0 Å². The Hall–Kier alpha value is -3.74. The lowest BCUT2D eigenvalue weighted by Crippen LogP contribution is -2.48. The highest BCUT2D eigenvalue weighted by atomic mass is 16.2. The van der Waals surface area contributed by atoms with Crippen molar-refractivity contribution in [2.45, 2.75) is 44.3 Å². The number of amides is 2. The number of hydrogen-bond donors (Lipinski definition) is 3. The molecule has 5 rings (SSSR count).